The first-order valence-electron chi connectivity index (χ1n) is 7.46. The van der Waals surface area contributed by atoms with Gasteiger partial charge in [0.25, 0.3) is 0 Å². The van der Waals surface area contributed by atoms with Gasteiger partial charge in [0, 0.05) is 38.3 Å². The predicted octanol–water partition coefficient (Wildman–Crippen LogP) is 2.72. The molecule has 1 amide bonds. The molecule has 1 heterocycles. The van der Waals surface area contributed by atoms with Gasteiger partial charge in [0.2, 0.25) is 5.91 Å². The Kier molecular flexibility index (Phi) is 5.95. The van der Waals surface area contributed by atoms with E-state index >= 15 is 0 Å². The number of aromatic nitrogens is 1. The summed E-state index contributed by atoms with van der Waals surface area (Å²) in [6.07, 6.45) is 3.83. The molecule has 0 N–H and O–H groups in total. The lowest BCUT2D eigenvalue weighted by atomic mass is 10.1. The number of carbonyl (C=O) groups is 1. The number of carbonyl (C=O) groups excluding carboxylic acids is 1. The number of pyridine rings is 1. The third-order valence-electron chi connectivity index (χ3n) is 3.64. The van der Waals surface area contributed by atoms with E-state index in [0.717, 1.165) is 29.8 Å². The topological polar surface area (TPSA) is 42.4 Å². The quantitative estimate of drug-likeness (QED) is 0.789. The number of methoxy groups -OCH3 is 1. The van der Waals surface area contributed by atoms with Crippen LogP contribution in [-0.2, 0) is 17.6 Å². The zero-order chi connectivity index (χ0) is 15.8. The summed E-state index contributed by atoms with van der Waals surface area (Å²) < 4.78 is 5.13. The molecule has 0 unspecified atom stereocenters. The molecule has 0 bridgehead atoms. The summed E-state index contributed by atoms with van der Waals surface area (Å²) in [5.41, 5.74) is 2.16. The van der Waals surface area contributed by atoms with E-state index in [4.69, 9.17) is 4.74 Å². The maximum absolute atomic E-state index is 12.1. The number of hydrogen-bond acceptors (Lipinski definition) is 3. The molecule has 1 aromatic heterocycles. The standard InChI is InChI=1S/C18H22N2O2/c1-20(14-12-16-5-3-4-13-19-16)18(21)11-8-15-6-9-17(22-2)10-7-15/h3-7,9-10,13H,8,11-12,14H2,1-2H3. The number of ether oxygens (including phenoxy) is 1. The molecule has 22 heavy (non-hydrogen) atoms. The molecular weight excluding hydrogens is 276 g/mol. The van der Waals surface area contributed by atoms with Crippen molar-refractivity contribution in [2.75, 3.05) is 20.7 Å². The zero-order valence-corrected chi connectivity index (χ0v) is 13.2. The minimum atomic E-state index is 0.159. The highest BCUT2D eigenvalue weighted by molar-refractivity contribution is 5.76. The molecule has 0 atom stereocenters. The molecule has 0 aliphatic heterocycles. The van der Waals surface area contributed by atoms with Crippen LogP contribution in [0.2, 0.25) is 0 Å². The van der Waals surface area contributed by atoms with E-state index in [1.807, 2.05) is 49.5 Å². The van der Waals surface area contributed by atoms with Crippen LogP contribution in [-0.4, -0.2) is 36.5 Å². The normalized spacial score (nSPS) is 10.3. The number of benzene rings is 1. The van der Waals surface area contributed by atoms with Gasteiger partial charge in [-0.15, -0.1) is 0 Å². The smallest absolute Gasteiger partial charge is 0.222 e. The van der Waals surface area contributed by atoms with Crippen LogP contribution in [0, 0.1) is 0 Å². The van der Waals surface area contributed by atoms with Crippen LogP contribution < -0.4 is 4.74 Å². The average molecular weight is 298 g/mol. The van der Waals surface area contributed by atoms with Crippen molar-refractivity contribution in [1.29, 1.82) is 0 Å². The highest BCUT2D eigenvalue weighted by atomic mass is 16.5. The molecule has 116 valence electrons. The molecule has 0 aliphatic carbocycles. The van der Waals surface area contributed by atoms with Crippen molar-refractivity contribution >= 4 is 5.91 Å². The van der Waals surface area contributed by atoms with Crippen LogP contribution in [0.25, 0.3) is 0 Å². The second-order valence-electron chi connectivity index (χ2n) is 5.23. The van der Waals surface area contributed by atoms with Gasteiger partial charge in [0.15, 0.2) is 0 Å². The van der Waals surface area contributed by atoms with Crippen molar-refractivity contribution in [2.45, 2.75) is 19.3 Å². The Hall–Kier alpha value is -2.36. The highest BCUT2D eigenvalue weighted by Gasteiger charge is 2.09. The van der Waals surface area contributed by atoms with E-state index in [0.29, 0.717) is 13.0 Å². The summed E-state index contributed by atoms with van der Waals surface area (Å²) in [6.45, 7) is 0.693. The molecular formula is C18H22N2O2. The Balaban J connectivity index is 1.76. The average Bonchev–Trinajstić information content (AvgIpc) is 2.58. The number of hydrogen-bond donors (Lipinski definition) is 0. The Morgan fingerprint density at radius 1 is 1.14 bits per heavy atom. The molecule has 2 rings (SSSR count). The van der Waals surface area contributed by atoms with Crippen LogP contribution in [0.3, 0.4) is 0 Å². The van der Waals surface area contributed by atoms with Gasteiger partial charge < -0.3 is 9.64 Å². The van der Waals surface area contributed by atoms with Gasteiger partial charge in [-0.25, -0.2) is 0 Å². The Morgan fingerprint density at radius 3 is 2.55 bits per heavy atom. The fourth-order valence-corrected chi connectivity index (χ4v) is 2.19. The molecule has 0 fully saturated rings. The van der Waals surface area contributed by atoms with E-state index in [1.165, 1.54) is 0 Å². The summed E-state index contributed by atoms with van der Waals surface area (Å²) in [7, 11) is 3.49. The molecule has 4 heteroatoms. The number of amides is 1. The second-order valence-corrected chi connectivity index (χ2v) is 5.23. The maximum Gasteiger partial charge on any atom is 0.222 e. The van der Waals surface area contributed by atoms with E-state index < -0.39 is 0 Å². The van der Waals surface area contributed by atoms with Crippen LogP contribution in [0.1, 0.15) is 17.7 Å². The monoisotopic (exact) mass is 298 g/mol. The second kappa shape index (κ2) is 8.17. The molecule has 1 aromatic carbocycles. The summed E-state index contributed by atoms with van der Waals surface area (Å²) in [5, 5.41) is 0. The fraction of sp³-hybridized carbons (Fsp3) is 0.333. The first-order chi connectivity index (χ1) is 10.7. The lowest BCUT2D eigenvalue weighted by Gasteiger charge is -2.17. The van der Waals surface area contributed by atoms with Gasteiger partial charge in [-0.2, -0.15) is 0 Å². The van der Waals surface area contributed by atoms with Gasteiger partial charge in [0.1, 0.15) is 5.75 Å². The van der Waals surface area contributed by atoms with Gasteiger partial charge in [-0.05, 0) is 36.2 Å². The molecule has 0 saturated heterocycles. The van der Waals surface area contributed by atoms with Crippen molar-refractivity contribution in [3.05, 3.63) is 59.9 Å². The SMILES string of the molecule is COc1ccc(CCC(=O)N(C)CCc2ccccn2)cc1. The number of aryl methyl sites for hydroxylation is 1. The highest BCUT2D eigenvalue weighted by Crippen LogP contribution is 2.13. The minimum absolute atomic E-state index is 0.159. The lowest BCUT2D eigenvalue weighted by molar-refractivity contribution is -0.129. The molecule has 0 radical (unpaired) electrons. The van der Waals surface area contributed by atoms with Crippen LogP contribution in [0.15, 0.2) is 48.7 Å². The van der Waals surface area contributed by atoms with Crippen LogP contribution >= 0.6 is 0 Å². The molecule has 4 nitrogen and oxygen atoms in total. The minimum Gasteiger partial charge on any atom is -0.497 e. The largest absolute Gasteiger partial charge is 0.497 e. The first-order valence-corrected chi connectivity index (χ1v) is 7.46. The van der Waals surface area contributed by atoms with Crippen molar-refractivity contribution in [3.63, 3.8) is 0 Å². The van der Waals surface area contributed by atoms with Crippen molar-refractivity contribution in [3.8, 4) is 5.75 Å². The molecule has 2 aromatic rings. The number of likely N-dealkylation sites (N-methyl/N-ethyl adjacent to an activating group) is 1. The molecule has 0 spiro atoms. The van der Waals surface area contributed by atoms with Gasteiger partial charge >= 0.3 is 0 Å². The van der Waals surface area contributed by atoms with Crippen molar-refractivity contribution < 1.29 is 9.53 Å². The lowest BCUT2D eigenvalue weighted by Crippen LogP contribution is -2.29. The first kappa shape index (κ1) is 16.0. The number of nitrogens with zero attached hydrogens (tertiary/aromatic N) is 2. The predicted molar refractivity (Wildman–Crippen MR) is 86.9 cm³/mol. The Morgan fingerprint density at radius 2 is 1.91 bits per heavy atom. The summed E-state index contributed by atoms with van der Waals surface area (Å²) in [5.74, 6) is 0.995. The van der Waals surface area contributed by atoms with E-state index in [2.05, 4.69) is 4.98 Å². The Labute approximate surface area is 131 Å². The molecule has 0 saturated carbocycles. The van der Waals surface area contributed by atoms with E-state index in [9.17, 15) is 4.79 Å². The fourth-order valence-electron chi connectivity index (χ4n) is 2.19. The molecule has 0 aliphatic rings. The Bertz CT molecular complexity index is 582. The third-order valence-corrected chi connectivity index (χ3v) is 3.64. The van der Waals surface area contributed by atoms with Crippen molar-refractivity contribution in [1.82, 2.24) is 9.88 Å². The maximum atomic E-state index is 12.1. The van der Waals surface area contributed by atoms with Gasteiger partial charge in [0.05, 0.1) is 7.11 Å². The van der Waals surface area contributed by atoms with Gasteiger partial charge in [-0.1, -0.05) is 18.2 Å². The van der Waals surface area contributed by atoms with Crippen LogP contribution in [0.5, 0.6) is 5.75 Å². The van der Waals surface area contributed by atoms with Crippen molar-refractivity contribution in [2.24, 2.45) is 0 Å². The van der Waals surface area contributed by atoms with Gasteiger partial charge in [-0.3, -0.25) is 9.78 Å². The van der Waals surface area contributed by atoms with E-state index in [-0.39, 0.29) is 5.91 Å². The summed E-state index contributed by atoms with van der Waals surface area (Å²) in [6, 6.07) is 13.7. The van der Waals surface area contributed by atoms with Crippen LogP contribution in [0.4, 0.5) is 0 Å². The summed E-state index contributed by atoms with van der Waals surface area (Å²) in [4.78, 5) is 18.2. The third kappa shape index (κ3) is 4.88. The zero-order valence-electron chi connectivity index (χ0n) is 13.2. The number of rotatable bonds is 7. The van der Waals surface area contributed by atoms with E-state index in [1.54, 1.807) is 18.2 Å². The summed E-state index contributed by atoms with van der Waals surface area (Å²) >= 11 is 0.